The lowest BCUT2D eigenvalue weighted by molar-refractivity contribution is -0.192. The van der Waals surface area contributed by atoms with Crippen LogP contribution in [0.2, 0.25) is 0 Å². The molecule has 194 valence electrons. The van der Waals surface area contributed by atoms with Crippen molar-refractivity contribution in [2.24, 2.45) is 7.05 Å². The molecule has 1 aliphatic rings. The van der Waals surface area contributed by atoms with E-state index in [9.17, 15) is 18.0 Å². The van der Waals surface area contributed by atoms with Crippen molar-refractivity contribution in [3.63, 3.8) is 0 Å². The summed E-state index contributed by atoms with van der Waals surface area (Å²) in [6.45, 7) is 5.36. The molecule has 0 saturated carbocycles. The number of furan rings is 1. The number of halogens is 3. The van der Waals surface area contributed by atoms with Gasteiger partial charge in [0.15, 0.2) is 0 Å². The molecule has 5 rings (SSSR count). The number of pyridine rings is 1. The van der Waals surface area contributed by atoms with E-state index in [1.807, 2.05) is 67.3 Å². The van der Waals surface area contributed by atoms with Crippen LogP contribution in [-0.4, -0.2) is 47.4 Å². The van der Waals surface area contributed by atoms with Crippen LogP contribution < -0.4 is 0 Å². The molecule has 0 radical (unpaired) electrons. The Balaban J connectivity index is 0.000000405. The van der Waals surface area contributed by atoms with Crippen molar-refractivity contribution in [3.05, 3.63) is 83.0 Å². The molecule has 4 aromatic rings. The summed E-state index contributed by atoms with van der Waals surface area (Å²) in [6, 6.07) is 7.86. The van der Waals surface area contributed by atoms with Crippen molar-refractivity contribution in [2.45, 2.75) is 39.7 Å². The zero-order valence-electron chi connectivity index (χ0n) is 20.3. The number of hydrogen-bond acceptors (Lipinski definition) is 5. The van der Waals surface area contributed by atoms with Gasteiger partial charge in [-0.05, 0) is 37.6 Å². The van der Waals surface area contributed by atoms with E-state index in [1.54, 1.807) is 6.20 Å². The molecule has 0 unspecified atom stereocenters. The normalized spacial score (nSPS) is 12.8. The molecule has 0 saturated heterocycles. The van der Waals surface area contributed by atoms with E-state index in [1.165, 1.54) is 0 Å². The van der Waals surface area contributed by atoms with E-state index in [-0.39, 0.29) is 5.91 Å². The quantitative estimate of drug-likeness (QED) is 0.435. The van der Waals surface area contributed by atoms with E-state index in [0.717, 1.165) is 33.8 Å². The summed E-state index contributed by atoms with van der Waals surface area (Å²) < 4.78 is 41.3. The van der Waals surface area contributed by atoms with Gasteiger partial charge in [-0.2, -0.15) is 18.3 Å². The molecule has 37 heavy (non-hydrogen) atoms. The number of carbonyl (C=O) groups is 2. The molecule has 12 heteroatoms. The van der Waals surface area contributed by atoms with Gasteiger partial charge >= 0.3 is 12.1 Å². The van der Waals surface area contributed by atoms with Gasteiger partial charge in [0.1, 0.15) is 11.5 Å². The minimum Gasteiger partial charge on any atom is -0.475 e. The van der Waals surface area contributed by atoms with Crippen molar-refractivity contribution in [1.82, 2.24) is 24.2 Å². The van der Waals surface area contributed by atoms with Crippen LogP contribution in [0.25, 0.3) is 11.3 Å². The SMILES string of the molecule is Cc1cc(C(=O)N2Cc3cn(Cc4cccnc4)nc3-c3ccn(C)c3C2)c(C)o1.O=C(O)C(F)(F)F. The molecule has 9 nitrogen and oxygen atoms in total. The first kappa shape index (κ1) is 25.7. The van der Waals surface area contributed by atoms with Crippen molar-refractivity contribution in [1.29, 1.82) is 0 Å². The third-order valence-corrected chi connectivity index (χ3v) is 5.86. The van der Waals surface area contributed by atoms with Gasteiger partial charge in [-0.3, -0.25) is 14.5 Å². The number of carbonyl (C=O) groups excluding carboxylic acids is 1. The maximum Gasteiger partial charge on any atom is 0.490 e. The van der Waals surface area contributed by atoms with E-state index < -0.39 is 12.1 Å². The minimum absolute atomic E-state index is 0.0237. The molecule has 0 fully saturated rings. The molecule has 0 aromatic carbocycles. The zero-order chi connectivity index (χ0) is 26.9. The first-order valence-electron chi connectivity index (χ1n) is 11.2. The number of carboxylic acids is 1. The molecule has 0 atom stereocenters. The second-order valence-electron chi connectivity index (χ2n) is 8.64. The summed E-state index contributed by atoms with van der Waals surface area (Å²) in [5.41, 5.74) is 5.83. The van der Waals surface area contributed by atoms with Crippen LogP contribution in [0.3, 0.4) is 0 Å². The van der Waals surface area contributed by atoms with Crippen molar-refractivity contribution >= 4 is 11.9 Å². The van der Waals surface area contributed by atoms with Crippen LogP contribution in [0.5, 0.6) is 0 Å². The summed E-state index contributed by atoms with van der Waals surface area (Å²) in [5.74, 6) is -1.38. The Bertz CT molecular complexity index is 1440. The summed E-state index contributed by atoms with van der Waals surface area (Å²) in [7, 11) is 2.01. The summed E-state index contributed by atoms with van der Waals surface area (Å²) in [6.07, 6.45) is 2.59. The highest BCUT2D eigenvalue weighted by atomic mass is 19.4. The van der Waals surface area contributed by atoms with E-state index in [4.69, 9.17) is 19.4 Å². The Kier molecular flexibility index (Phi) is 6.92. The number of aryl methyl sites for hydroxylation is 3. The zero-order valence-corrected chi connectivity index (χ0v) is 20.3. The van der Waals surface area contributed by atoms with Gasteiger partial charge in [-0.25, -0.2) is 4.79 Å². The Hall–Kier alpha value is -4.35. The molecule has 1 N–H and O–H groups in total. The summed E-state index contributed by atoms with van der Waals surface area (Å²) >= 11 is 0. The number of carboxylic acid groups (broad SMARTS) is 1. The largest absolute Gasteiger partial charge is 0.490 e. The van der Waals surface area contributed by atoms with Crippen LogP contribution in [0.15, 0.2) is 53.5 Å². The van der Waals surface area contributed by atoms with Crippen LogP contribution in [0, 0.1) is 13.8 Å². The minimum atomic E-state index is -5.08. The van der Waals surface area contributed by atoms with Gasteiger partial charge in [-0.15, -0.1) is 0 Å². The highest BCUT2D eigenvalue weighted by molar-refractivity contribution is 5.95. The molecule has 1 amide bonds. The Morgan fingerprint density at radius 2 is 1.92 bits per heavy atom. The lowest BCUT2D eigenvalue weighted by Gasteiger charge is -2.21. The Morgan fingerprint density at radius 1 is 1.19 bits per heavy atom. The number of aliphatic carboxylic acids is 1. The predicted molar refractivity (Wildman–Crippen MR) is 125 cm³/mol. The average Bonchev–Trinajstić information content (AvgIpc) is 3.47. The lowest BCUT2D eigenvalue weighted by Crippen LogP contribution is -2.30. The molecular weight excluding hydrogens is 491 g/mol. The number of rotatable bonds is 3. The van der Waals surface area contributed by atoms with Crippen LogP contribution in [0.1, 0.15) is 38.7 Å². The number of hydrogen-bond donors (Lipinski definition) is 1. The third kappa shape index (κ3) is 5.57. The van der Waals surface area contributed by atoms with Gasteiger partial charge in [0.2, 0.25) is 0 Å². The number of aromatic nitrogens is 4. The number of alkyl halides is 3. The summed E-state index contributed by atoms with van der Waals surface area (Å²) in [5, 5.41) is 12.0. The number of amides is 1. The number of fused-ring (bicyclic) bond motifs is 3. The van der Waals surface area contributed by atoms with E-state index >= 15 is 0 Å². The summed E-state index contributed by atoms with van der Waals surface area (Å²) in [4.78, 5) is 28.3. The third-order valence-electron chi connectivity index (χ3n) is 5.86. The number of nitrogens with zero attached hydrogens (tertiary/aromatic N) is 5. The highest BCUT2D eigenvalue weighted by Gasteiger charge is 2.38. The lowest BCUT2D eigenvalue weighted by atomic mass is 10.1. The van der Waals surface area contributed by atoms with E-state index in [2.05, 4.69) is 15.6 Å². The average molecular weight is 515 g/mol. The first-order valence-corrected chi connectivity index (χ1v) is 11.2. The highest BCUT2D eigenvalue weighted by Crippen LogP contribution is 2.33. The maximum absolute atomic E-state index is 13.4. The molecule has 0 aliphatic carbocycles. The van der Waals surface area contributed by atoms with Crippen LogP contribution in [0.4, 0.5) is 13.2 Å². The topological polar surface area (TPSA) is 106 Å². The van der Waals surface area contributed by atoms with E-state index in [0.29, 0.717) is 31.0 Å². The van der Waals surface area contributed by atoms with Crippen LogP contribution >= 0.6 is 0 Å². The maximum atomic E-state index is 13.4. The smallest absolute Gasteiger partial charge is 0.475 e. The molecule has 4 aromatic heterocycles. The van der Waals surface area contributed by atoms with Gasteiger partial charge in [-0.1, -0.05) is 6.07 Å². The van der Waals surface area contributed by atoms with Gasteiger partial charge < -0.3 is 19.0 Å². The van der Waals surface area contributed by atoms with Gasteiger partial charge in [0, 0.05) is 48.7 Å². The molecule has 0 bridgehead atoms. The first-order chi connectivity index (χ1) is 17.4. The fourth-order valence-corrected chi connectivity index (χ4v) is 4.14. The fourth-order valence-electron chi connectivity index (χ4n) is 4.14. The van der Waals surface area contributed by atoms with Crippen molar-refractivity contribution in [3.8, 4) is 11.3 Å². The van der Waals surface area contributed by atoms with Crippen molar-refractivity contribution in [2.75, 3.05) is 0 Å². The van der Waals surface area contributed by atoms with Gasteiger partial charge in [0.05, 0.1) is 30.9 Å². The second kappa shape index (κ2) is 9.96. The molecule has 0 spiro atoms. The fraction of sp³-hybridized carbons (Fsp3) is 0.280. The predicted octanol–water partition coefficient (Wildman–Crippen LogP) is 4.33. The second-order valence-corrected chi connectivity index (χ2v) is 8.64. The molecule has 5 heterocycles. The Morgan fingerprint density at radius 3 is 2.51 bits per heavy atom. The van der Waals surface area contributed by atoms with Crippen LogP contribution in [-0.2, 0) is 31.5 Å². The molecular formula is C25H24F3N5O4. The molecule has 1 aliphatic heterocycles. The van der Waals surface area contributed by atoms with Gasteiger partial charge in [0.25, 0.3) is 5.91 Å². The monoisotopic (exact) mass is 515 g/mol. The van der Waals surface area contributed by atoms with Crippen molar-refractivity contribution < 1.29 is 32.3 Å². The standard InChI is InChI=1S/C23H23N5O2.C2HF3O2/c1-15-9-20(16(2)30-15)23(29)27-12-18-13-28(11-17-5-4-7-24-10-17)25-22(18)19-6-8-26(3)21(19)14-27;3-2(4,5)1(6)7/h4-10,13H,11-12,14H2,1-3H3;(H,6,7). The Labute approximate surface area is 209 Å².